The second kappa shape index (κ2) is 7.42. The molecule has 154 valence electrons. The number of likely N-dealkylation sites (tertiary alicyclic amines) is 1. The smallest absolute Gasteiger partial charge is 0.410 e. The van der Waals surface area contributed by atoms with Gasteiger partial charge in [-0.05, 0) is 63.9 Å². The number of nitrogens with one attached hydrogen (secondary N) is 2. The van der Waals surface area contributed by atoms with E-state index in [-0.39, 0.29) is 18.1 Å². The molecule has 1 aromatic carbocycles. The number of nitrogens with zero attached hydrogens (tertiary/aromatic N) is 2. The van der Waals surface area contributed by atoms with Gasteiger partial charge in [0, 0.05) is 17.3 Å². The molecule has 0 radical (unpaired) electrons. The third-order valence-corrected chi connectivity index (χ3v) is 4.76. The Morgan fingerprint density at radius 3 is 2.48 bits per heavy atom. The molecular formula is C21H26N4O4. The van der Waals surface area contributed by atoms with E-state index in [1.807, 2.05) is 26.8 Å². The van der Waals surface area contributed by atoms with E-state index in [1.54, 1.807) is 29.2 Å². The van der Waals surface area contributed by atoms with Crippen molar-refractivity contribution in [3.63, 3.8) is 0 Å². The van der Waals surface area contributed by atoms with Gasteiger partial charge in [-0.1, -0.05) is 0 Å². The maximum Gasteiger partial charge on any atom is 0.410 e. The van der Waals surface area contributed by atoms with E-state index < -0.39 is 5.60 Å². The fourth-order valence-electron chi connectivity index (χ4n) is 3.05. The lowest BCUT2D eigenvalue weighted by Gasteiger charge is -2.39. The number of aromatic amines is 1. The van der Waals surface area contributed by atoms with Crippen LogP contribution in [0, 0.1) is 0 Å². The Labute approximate surface area is 169 Å². The zero-order chi connectivity index (χ0) is 20.6. The van der Waals surface area contributed by atoms with Crippen molar-refractivity contribution < 1.29 is 19.1 Å². The van der Waals surface area contributed by atoms with E-state index in [4.69, 9.17) is 9.47 Å². The summed E-state index contributed by atoms with van der Waals surface area (Å²) >= 11 is 0. The summed E-state index contributed by atoms with van der Waals surface area (Å²) in [5.74, 6) is 0.972. The Bertz CT molecular complexity index is 890. The Balaban J connectivity index is 1.24. The summed E-state index contributed by atoms with van der Waals surface area (Å²) in [7, 11) is 0. The quantitative estimate of drug-likeness (QED) is 0.803. The summed E-state index contributed by atoms with van der Waals surface area (Å²) in [4.78, 5) is 25.9. The van der Waals surface area contributed by atoms with E-state index >= 15 is 0 Å². The van der Waals surface area contributed by atoms with Crippen molar-refractivity contribution in [1.82, 2.24) is 15.1 Å². The molecule has 1 aliphatic carbocycles. The Morgan fingerprint density at radius 2 is 1.86 bits per heavy atom. The lowest BCUT2D eigenvalue weighted by atomic mass is 10.1. The minimum atomic E-state index is -0.501. The first kappa shape index (κ1) is 19.3. The van der Waals surface area contributed by atoms with Gasteiger partial charge in [-0.15, -0.1) is 0 Å². The zero-order valence-electron chi connectivity index (χ0n) is 16.9. The molecule has 0 unspecified atom stereocenters. The van der Waals surface area contributed by atoms with Gasteiger partial charge in [0.15, 0.2) is 5.69 Å². The summed E-state index contributed by atoms with van der Waals surface area (Å²) in [6.45, 7) is 6.53. The number of amides is 2. The first-order valence-corrected chi connectivity index (χ1v) is 9.88. The van der Waals surface area contributed by atoms with Gasteiger partial charge >= 0.3 is 6.09 Å². The average molecular weight is 398 g/mol. The summed E-state index contributed by atoms with van der Waals surface area (Å²) in [6.07, 6.45) is 1.93. The normalized spacial score (nSPS) is 16.9. The maximum atomic E-state index is 12.3. The van der Waals surface area contributed by atoms with Crippen molar-refractivity contribution in [1.29, 1.82) is 0 Å². The summed E-state index contributed by atoms with van der Waals surface area (Å²) in [5.41, 5.74) is 1.59. The van der Waals surface area contributed by atoms with Gasteiger partial charge in [0.05, 0.1) is 13.1 Å². The molecule has 2 aliphatic rings. The maximum absolute atomic E-state index is 12.3. The molecule has 0 bridgehead atoms. The first-order chi connectivity index (χ1) is 13.8. The molecular weight excluding hydrogens is 372 g/mol. The molecule has 2 amide bonds. The second-order valence-electron chi connectivity index (χ2n) is 8.59. The number of benzene rings is 1. The summed E-state index contributed by atoms with van der Waals surface area (Å²) in [5, 5.41) is 9.86. The van der Waals surface area contributed by atoms with E-state index in [0.29, 0.717) is 36.1 Å². The van der Waals surface area contributed by atoms with E-state index in [0.717, 1.165) is 18.5 Å². The molecule has 1 saturated carbocycles. The van der Waals surface area contributed by atoms with Crippen molar-refractivity contribution in [3.8, 4) is 5.75 Å². The Kier molecular flexibility index (Phi) is 4.94. The fraction of sp³-hybridized carbons (Fsp3) is 0.476. The molecule has 1 saturated heterocycles. The fourth-order valence-corrected chi connectivity index (χ4v) is 3.05. The van der Waals surface area contributed by atoms with Gasteiger partial charge in [0.25, 0.3) is 5.91 Å². The number of carbonyl (C=O) groups is 2. The van der Waals surface area contributed by atoms with E-state index in [2.05, 4.69) is 15.5 Å². The van der Waals surface area contributed by atoms with Crippen LogP contribution in [0.4, 0.5) is 10.5 Å². The number of aromatic nitrogens is 2. The highest BCUT2D eigenvalue weighted by Crippen LogP contribution is 2.39. The van der Waals surface area contributed by atoms with Crippen molar-refractivity contribution >= 4 is 17.7 Å². The van der Waals surface area contributed by atoms with Crippen LogP contribution >= 0.6 is 0 Å². The lowest BCUT2D eigenvalue weighted by molar-refractivity contribution is -0.0221. The van der Waals surface area contributed by atoms with Crippen LogP contribution < -0.4 is 10.1 Å². The molecule has 2 heterocycles. The minimum Gasteiger partial charge on any atom is -0.487 e. The Morgan fingerprint density at radius 1 is 1.17 bits per heavy atom. The molecule has 2 aromatic rings. The number of carbonyl (C=O) groups excluding carboxylic acids is 2. The van der Waals surface area contributed by atoms with Gasteiger partial charge < -0.3 is 19.7 Å². The van der Waals surface area contributed by atoms with Crippen LogP contribution in [0.5, 0.6) is 5.75 Å². The predicted molar refractivity (Wildman–Crippen MR) is 107 cm³/mol. The topological polar surface area (TPSA) is 96.5 Å². The highest BCUT2D eigenvalue weighted by Gasteiger charge is 2.35. The molecule has 1 aromatic heterocycles. The molecule has 29 heavy (non-hydrogen) atoms. The number of hydrogen-bond acceptors (Lipinski definition) is 5. The molecule has 0 spiro atoms. The highest BCUT2D eigenvalue weighted by molar-refractivity contribution is 6.02. The molecule has 2 fully saturated rings. The van der Waals surface area contributed by atoms with Crippen LogP contribution in [0.2, 0.25) is 0 Å². The zero-order valence-corrected chi connectivity index (χ0v) is 16.9. The largest absolute Gasteiger partial charge is 0.487 e. The summed E-state index contributed by atoms with van der Waals surface area (Å²) < 4.78 is 11.2. The molecule has 1 aliphatic heterocycles. The van der Waals surface area contributed by atoms with Gasteiger partial charge in [-0.2, -0.15) is 5.10 Å². The SMILES string of the molecule is CC(C)(C)OC(=O)N1CC(Oc2ccc(NC(=O)c3cc(C4CC4)[nH]n3)cc2)C1. The molecule has 4 rings (SSSR count). The van der Waals surface area contributed by atoms with Gasteiger partial charge in [0.2, 0.25) is 0 Å². The average Bonchev–Trinajstić information content (AvgIpc) is 3.34. The van der Waals surface area contributed by atoms with Crippen molar-refractivity contribution in [3.05, 3.63) is 41.7 Å². The number of hydrogen-bond donors (Lipinski definition) is 2. The standard InChI is InChI=1S/C21H26N4O4/c1-21(2,3)29-20(27)25-11-16(12-25)28-15-8-6-14(7-9-15)22-19(26)18-10-17(23-24-18)13-4-5-13/h6-10,13,16H,4-5,11-12H2,1-3H3,(H,22,26)(H,23,24). The van der Waals surface area contributed by atoms with Gasteiger partial charge in [-0.25, -0.2) is 4.79 Å². The number of rotatable bonds is 5. The van der Waals surface area contributed by atoms with E-state index in [1.165, 1.54) is 0 Å². The number of ether oxygens (including phenoxy) is 2. The van der Waals surface area contributed by atoms with Crippen molar-refractivity contribution in [2.24, 2.45) is 0 Å². The lowest BCUT2D eigenvalue weighted by Crippen LogP contribution is -2.57. The molecule has 0 atom stereocenters. The number of anilines is 1. The summed E-state index contributed by atoms with van der Waals surface area (Å²) in [6, 6.07) is 8.98. The number of H-pyrrole nitrogens is 1. The van der Waals surface area contributed by atoms with E-state index in [9.17, 15) is 9.59 Å². The van der Waals surface area contributed by atoms with Crippen LogP contribution in [0.15, 0.2) is 30.3 Å². The van der Waals surface area contributed by atoms with Crippen molar-refractivity contribution in [2.75, 3.05) is 18.4 Å². The molecule has 2 N–H and O–H groups in total. The third-order valence-electron chi connectivity index (χ3n) is 4.76. The Hall–Kier alpha value is -3.03. The van der Waals surface area contributed by atoms with Crippen LogP contribution in [0.3, 0.4) is 0 Å². The van der Waals surface area contributed by atoms with Crippen LogP contribution in [-0.2, 0) is 4.74 Å². The molecule has 8 nitrogen and oxygen atoms in total. The first-order valence-electron chi connectivity index (χ1n) is 9.88. The highest BCUT2D eigenvalue weighted by atomic mass is 16.6. The predicted octanol–water partition coefficient (Wildman–Crippen LogP) is 3.54. The minimum absolute atomic E-state index is 0.0622. The van der Waals surface area contributed by atoms with Crippen LogP contribution in [0.25, 0.3) is 0 Å². The van der Waals surface area contributed by atoms with Gasteiger partial charge in [-0.3, -0.25) is 9.89 Å². The van der Waals surface area contributed by atoms with Crippen molar-refractivity contribution in [2.45, 2.75) is 51.2 Å². The molecule has 8 heteroatoms. The van der Waals surface area contributed by atoms with Crippen LogP contribution in [-0.4, -0.2) is 51.9 Å². The van der Waals surface area contributed by atoms with Crippen LogP contribution in [0.1, 0.15) is 55.7 Å². The third kappa shape index (κ3) is 4.88. The second-order valence-corrected chi connectivity index (χ2v) is 8.59. The van der Waals surface area contributed by atoms with Gasteiger partial charge in [0.1, 0.15) is 17.5 Å². The monoisotopic (exact) mass is 398 g/mol.